The topological polar surface area (TPSA) is 27.1 Å². The first kappa shape index (κ1) is 16.3. The molecular formula is C17H25ClN2O. The van der Waals surface area contributed by atoms with Crippen LogP contribution in [0.15, 0.2) is 18.2 Å². The SMILES string of the molecule is Cc1ccc2c(c1)nc(CCCl)n2CCOCCC(C)C. The largest absolute Gasteiger partial charge is 0.380 e. The fourth-order valence-electron chi connectivity index (χ4n) is 2.39. The van der Waals surface area contributed by atoms with Gasteiger partial charge >= 0.3 is 0 Å². The van der Waals surface area contributed by atoms with Crippen molar-refractivity contribution in [2.75, 3.05) is 19.1 Å². The van der Waals surface area contributed by atoms with E-state index in [2.05, 4.69) is 43.5 Å². The molecular weight excluding hydrogens is 284 g/mol. The van der Waals surface area contributed by atoms with Crippen LogP contribution in [0.2, 0.25) is 0 Å². The summed E-state index contributed by atoms with van der Waals surface area (Å²) in [7, 11) is 0. The zero-order valence-electron chi connectivity index (χ0n) is 13.2. The molecule has 0 spiro atoms. The van der Waals surface area contributed by atoms with E-state index in [1.165, 1.54) is 11.1 Å². The van der Waals surface area contributed by atoms with E-state index < -0.39 is 0 Å². The van der Waals surface area contributed by atoms with Gasteiger partial charge in [-0.15, -0.1) is 11.6 Å². The first-order valence-electron chi connectivity index (χ1n) is 7.71. The molecule has 0 unspecified atom stereocenters. The van der Waals surface area contributed by atoms with Crippen LogP contribution >= 0.6 is 11.6 Å². The van der Waals surface area contributed by atoms with Gasteiger partial charge in [0.2, 0.25) is 0 Å². The van der Waals surface area contributed by atoms with Crippen molar-refractivity contribution in [2.24, 2.45) is 5.92 Å². The number of nitrogens with zero attached hydrogens (tertiary/aromatic N) is 2. The molecule has 0 atom stereocenters. The van der Waals surface area contributed by atoms with Crippen LogP contribution in [-0.4, -0.2) is 28.6 Å². The van der Waals surface area contributed by atoms with E-state index in [1.807, 2.05) is 0 Å². The highest BCUT2D eigenvalue weighted by atomic mass is 35.5. The van der Waals surface area contributed by atoms with E-state index in [4.69, 9.17) is 21.3 Å². The lowest BCUT2D eigenvalue weighted by atomic mass is 10.1. The van der Waals surface area contributed by atoms with E-state index >= 15 is 0 Å². The number of aromatic nitrogens is 2. The van der Waals surface area contributed by atoms with Gasteiger partial charge < -0.3 is 9.30 Å². The molecule has 3 nitrogen and oxygen atoms in total. The summed E-state index contributed by atoms with van der Waals surface area (Å²) < 4.78 is 7.98. The fraction of sp³-hybridized carbons (Fsp3) is 0.588. The van der Waals surface area contributed by atoms with Gasteiger partial charge in [-0.25, -0.2) is 4.98 Å². The zero-order chi connectivity index (χ0) is 15.2. The second-order valence-electron chi connectivity index (χ2n) is 5.91. The van der Waals surface area contributed by atoms with Gasteiger partial charge in [-0.1, -0.05) is 19.9 Å². The van der Waals surface area contributed by atoms with Gasteiger partial charge in [0, 0.05) is 25.5 Å². The van der Waals surface area contributed by atoms with Crippen LogP contribution in [0.1, 0.15) is 31.7 Å². The molecule has 0 fully saturated rings. The normalized spacial score (nSPS) is 11.7. The summed E-state index contributed by atoms with van der Waals surface area (Å²) in [6, 6.07) is 6.40. The summed E-state index contributed by atoms with van der Waals surface area (Å²) in [4.78, 5) is 4.71. The van der Waals surface area contributed by atoms with Gasteiger partial charge in [0.1, 0.15) is 5.82 Å². The lowest BCUT2D eigenvalue weighted by Gasteiger charge is -2.10. The number of alkyl halides is 1. The summed E-state index contributed by atoms with van der Waals surface area (Å²) in [5.41, 5.74) is 3.46. The predicted molar refractivity (Wildman–Crippen MR) is 89.2 cm³/mol. The highest BCUT2D eigenvalue weighted by Gasteiger charge is 2.10. The second-order valence-corrected chi connectivity index (χ2v) is 6.28. The Hall–Kier alpha value is -1.06. The molecule has 0 radical (unpaired) electrons. The Morgan fingerprint density at radius 3 is 2.81 bits per heavy atom. The molecule has 1 aromatic carbocycles. The Kier molecular flexibility index (Phi) is 6.07. The van der Waals surface area contributed by atoms with Gasteiger partial charge in [0.15, 0.2) is 0 Å². The number of ether oxygens (including phenoxy) is 1. The molecule has 0 saturated carbocycles. The van der Waals surface area contributed by atoms with E-state index in [0.29, 0.717) is 11.8 Å². The van der Waals surface area contributed by atoms with E-state index in [9.17, 15) is 0 Å². The van der Waals surface area contributed by atoms with Gasteiger partial charge in [-0.05, 0) is 37.0 Å². The van der Waals surface area contributed by atoms with Crippen LogP contribution in [0.25, 0.3) is 11.0 Å². The molecule has 2 aromatic rings. The highest BCUT2D eigenvalue weighted by Crippen LogP contribution is 2.18. The van der Waals surface area contributed by atoms with E-state index in [-0.39, 0.29) is 0 Å². The van der Waals surface area contributed by atoms with Crippen molar-refractivity contribution in [3.8, 4) is 0 Å². The molecule has 1 aromatic heterocycles. The van der Waals surface area contributed by atoms with Gasteiger partial charge in [-0.3, -0.25) is 0 Å². The highest BCUT2D eigenvalue weighted by molar-refractivity contribution is 6.17. The minimum atomic E-state index is 0.594. The molecule has 21 heavy (non-hydrogen) atoms. The lowest BCUT2D eigenvalue weighted by Crippen LogP contribution is -2.11. The summed E-state index contributed by atoms with van der Waals surface area (Å²) >= 11 is 5.90. The maximum absolute atomic E-state index is 5.90. The molecule has 0 bridgehead atoms. The molecule has 0 N–H and O–H groups in total. The summed E-state index contributed by atoms with van der Waals surface area (Å²) in [6.45, 7) is 8.91. The first-order chi connectivity index (χ1) is 10.1. The van der Waals surface area contributed by atoms with Crippen molar-refractivity contribution < 1.29 is 4.74 Å². The maximum Gasteiger partial charge on any atom is 0.111 e. The Bertz CT molecular complexity index is 577. The number of rotatable bonds is 8. The van der Waals surface area contributed by atoms with Crippen LogP contribution < -0.4 is 0 Å². The number of hydrogen-bond donors (Lipinski definition) is 0. The summed E-state index contributed by atoms with van der Waals surface area (Å²) in [5.74, 6) is 2.34. The van der Waals surface area contributed by atoms with Gasteiger partial charge in [0.25, 0.3) is 0 Å². The average Bonchev–Trinajstić information content (AvgIpc) is 2.75. The van der Waals surface area contributed by atoms with Crippen molar-refractivity contribution in [2.45, 2.75) is 40.2 Å². The van der Waals surface area contributed by atoms with Crippen molar-refractivity contribution in [3.63, 3.8) is 0 Å². The monoisotopic (exact) mass is 308 g/mol. The molecule has 0 amide bonds. The Balaban J connectivity index is 2.07. The van der Waals surface area contributed by atoms with Crippen LogP contribution in [0.4, 0.5) is 0 Å². The fourth-order valence-corrected chi connectivity index (χ4v) is 2.56. The standard InChI is InChI=1S/C17H25ClN2O/c1-13(2)7-10-21-11-9-20-16-5-4-14(3)12-15(16)19-17(20)6-8-18/h4-5,12-13H,6-11H2,1-3H3. The molecule has 4 heteroatoms. The number of imidazole rings is 1. The van der Waals surface area contributed by atoms with Crippen LogP contribution in [0, 0.1) is 12.8 Å². The molecule has 0 aliphatic heterocycles. The number of fused-ring (bicyclic) bond motifs is 1. The van der Waals surface area contributed by atoms with Crippen LogP contribution in [0.5, 0.6) is 0 Å². The molecule has 0 saturated heterocycles. The van der Waals surface area contributed by atoms with Gasteiger partial charge in [0.05, 0.1) is 17.6 Å². The lowest BCUT2D eigenvalue weighted by molar-refractivity contribution is 0.116. The van der Waals surface area contributed by atoms with E-state index in [1.54, 1.807) is 0 Å². The third-order valence-electron chi connectivity index (χ3n) is 3.60. The van der Waals surface area contributed by atoms with Gasteiger partial charge in [-0.2, -0.15) is 0 Å². The molecule has 0 aliphatic rings. The van der Waals surface area contributed by atoms with E-state index in [0.717, 1.165) is 43.9 Å². The quantitative estimate of drug-likeness (QED) is 0.540. The Morgan fingerprint density at radius 2 is 2.10 bits per heavy atom. The van der Waals surface area contributed by atoms with Crippen molar-refractivity contribution in [3.05, 3.63) is 29.6 Å². The Labute approximate surface area is 132 Å². The van der Waals surface area contributed by atoms with Crippen molar-refractivity contribution in [1.29, 1.82) is 0 Å². The number of benzene rings is 1. The number of hydrogen-bond acceptors (Lipinski definition) is 2. The molecule has 116 valence electrons. The second kappa shape index (κ2) is 7.81. The van der Waals surface area contributed by atoms with Crippen molar-refractivity contribution in [1.82, 2.24) is 9.55 Å². The third kappa shape index (κ3) is 4.45. The number of halogens is 1. The minimum Gasteiger partial charge on any atom is -0.380 e. The van der Waals surface area contributed by atoms with Crippen LogP contribution in [0.3, 0.4) is 0 Å². The Morgan fingerprint density at radius 1 is 1.29 bits per heavy atom. The smallest absolute Gasteiger partial charge is 0.111 e. The predicted octanol–water partition coefficient (Wildman–Crippen LogP) is 4.19. The molecule has 1 heterocycles. The average molecular weight is 309 g/mol. The summed E-state index contributed by atoms with van der Waals surface area (Å²) in [6.07, 6.45) is 1.90. The third-order valence-corrected chi connectivity index (χ3v) is 3.79. The first-order valence-corrected chi connectivity index (χ1v) is 8.24. The molecule has 2 rings (SSSR count). The minimum absolute atomic E-state index is 0.594. The zero-order valence-corrected chi connectivity index (χ0v) is 14.0. The maximum atomic E-state index is 5.90. The van der Waals surface area contributed by atoms with Crippen molar-refractivity contribution >= 4 is 22.6 Å². The summed E-state index contributed by atoms with van der Waals surface area (Å²) in [5, 5.41) is 0. The number of aryl methyl sites for hydroxylation is 2. The van der Waals surface area contributed by atoms with Crippen LogP contribution in [-0.2, 0) is 17.7 Å². The molecule has 0 aliphatic carbocycles.